The molecular weight excluding hydrogens is 423 g/mol. The van der Waals surface area contributed by atoms with Crippen LogP contribution in [0.4, 0.5) is 35.1 Å². The highest BCUT2D eigenvalue weighted by atomic mass is 31.1. The van der Waals surface area contributed by atoms with E-state index in [0.29, 0.717) is 12.1 Å². The number of hydrogen-bond acceptors (Lipinski definition) is 3. The first-order valence-corrected chi connectivity index (χ1v) is 8.42. The lowest BCUT2D eigenvalue weighted by atomic mass is 10.1. The van der Waals surface area contributed by atoms with E-state index in [2.05, 4.69) is 9.05 Å². The topological polar surface area (TPSA) is 35.5 Å². The fourth-order valence-corrected chi connectivity index (χ4v) is 2.53. The Morgan fingerprint density at radius 2 is 1.07 bits per heavy atom. The largest absolute Gasteiger partial charge is 0.698 e. The molecule has 152 valence electrons. The van der Waals surface area contributed by atoms with Crippen molar-refractivity contribution in [1.82, 2.24) is 0 Å². The molecule has 3 nitrogen and oxygen atoms in total. The minimum Gasteiger partial charge on any atom is -0.207 e. The lowest BCUT2D eigenvalue weighted by Crippen LogP contribution is -2.06. The van der Waals surface area contributed by atoms with Crippen LogP contribution in [-0.4, -0.2) is 0 Å². The van der Waals surface area contributed by atoms with E-state index in [-0.39, 0.29) is 23.3 Å². The first-order valence-electron chi connectivity index (χ1n) is 7.32. The SMILES string of the molecule is O=[P+](OCc1ccc(C(F)(F)F)cc1F)OCc1ccc(C(F)(F)F)cc1F. The van der Waals surface area contributed by atoms with Gasteiger partial charge in [0.05, 0.1) is 11.1 Å². The van der Waals surface area contributed by atoms with Gasteiger partial charge in [0.2, 0.25) is 0 Å². The van der Waals surface area contributed by atoms with Gasteiger partial charge in [0.1, 0.15) is 24.8 Å². The molecule has 0 fully saturated rings. The molecule has 2 aromatic carbocycles. The third-order valence-corrected chi connectivity index (χ3v) is 4.09. The van der Waals surface area contributed by atoms with Crippen LogP contribution in [0, 0.1) is 11.6 Å². The maximum Gasteiger partial charge on any atom is 0.698 e. The second kappa shape index (κ2) is 8.50. The minimum atomic E-state index is -4.74. The van der Waals surface area contributed by atoms with Crippen LogP contribution in [0.15, 0.2) is 36.4 Å². The van der Waals surface area contributed by atoms with Crippen LogP contribution in [0.3, 0.4) is 0 Å². The second-order valence-electron chi connectivity index (χ2n) is 5.38. The normalized spacial score (nSPS) is 12.3. The summed E-state index contributed by atoms with van der Waals surface area (Å²) in [7, 11) is -2.94. The third-order valence-electron chi connectivity index (χ3n) is 3.41. The molecule has 0 spiro atoms. The predicted molar refractivity (Wildman–Crippen MR) is 80.0 cm³/mol. The van der Waals surface area contributed by atoms with E-state index in [4.69, 9.17) is 0 Å². The number of halogens is 8. The number of rotatable bonds is 6. The zero-order chi connectivity index (χ0) is 21.1. The molecule has 0 heterocycles. The van der Waals surface area contributed by atoms with E-state index in [1.165, 1.54) is 0 Å². The summed E-state index contributed by atoms with van der Waals surface area (Å²) in [5, 5.41) is 0. The van der Waals surface area contributed by atoms with Gasteiger partial charge in [-0.05, 0) is 24.3 Å². The lowest BCUT2D eigenvalue weighted by Gasteiger charge is -2.08. The van der Waals surface area contributed by atoms with E-state index < -0.39 is 56.6 Å². The van der Waals surface area contributed by atoms with Gasteiger partial charge in [-0.25, -0.2) is 8.78 Å². The van der Waals surface area contributed by atoms with E-state index in [0.717, 1.165) is 12.1 Å². The predicted octanol–water partition coefficient (Wildman–Crippen LogP) is 6.39. The smallest absolute Gasteiger partial charge is 0.207 e. The molecule has 2 rings (SSSR count). The van der Waals surface area contributed by atoms with Crippen molar-refractivity contribution < 1.29 is 48.7 Å². The van der Waals surface area contributed by atoms with Crippen LogP contribution in [0.25, 0.3) is 0 Å². The molecule has 0 aromatic heterocycles. The highest BCUT2D eigenvalue weighted by molar-refractivity contribution is 7.33. The zero-order valence-corrected chi connectivity index (χ0v) is 14.5. The van der Waals surface area contributed by atoms with Gasteiger partial charge >= 0.3 is 20.6 Å². The van der Waals surface area contributed by atoms with Gasteiger partial charge in [-0.2, -0.15) is 26.3 Å². The van der Waals surface area contributed by atoms with Gasteiger partial charge in [-0.15, -0.1) is 9.05 Å². The summed E-state index contributed by atoms with van der Waals surface area (Å²) in [6.07, 6.45) is -9.47. The highest BCUT2D eigenvalue weighted by Crippen LogP contribution is 2.33. The van der Waals surface area contributed by atoms with Crippen molar-refractivity contribution in [1.29, 1.82) is 0 Å². The van der Waals surface area contributed by atoms with Crippen LogP contribution in [0.2, 0.25) is 0 Å². The summed E-state index contributed by atoms with van der Waals surface area (Å²) in [6.45, 7) is -1.40. The van der Waals surface area contributed by atoms with Crippen molar-refractivity contribution in [3.63, 3.8) is 0 Å². The molecule has 0 aliphatic rings. The number of benzene rings is 2. The molecule has 12 heteroatoms. The fourth-order valence-electron chi connectivity index (χ4n) is 1.96. The third kappa shape index (κ3) is 5.95. The summed E-state index contributed by atoms with van der Waals surface area (Å²) < 4.78 is 123. The van der Waals surface area contributed by atoms with Gasteiger partial charge in [0.25, 0.3) is 0 Å². The first kappa shape index (κ1) is 22.2. The Hall–Kier alpha value is -2.10. The fraction of sp³-hybridized carbons (Fsp3) is 0.250. The summed E-state index contributed by atoms with van der Waals surface area (Å²) >= 11 is 0. The zero-order valence-electron chi connectivity index (χ0n) is 13.6. The molecule has 0 unspecified atom stereocenters. The summed E-state index contributed by atoms with van der Waals surface area (Å²) in [5.74, 6) is -2.49. The molecule has 0 aliphatic carbocycles. The standard InChI is InChI=1S/C16H10F8O3P/c17-13-5-11(15(19,20)21)3-1-9(13)7-26-28(25)27-8-10-2-4-12(6-14(10)18)16(22,23)24/h1-6H,7-8H2/q+1. The molecule has 2 aromatic rings. The van der Waals surface area contributed by atoms with Gasteiger partial charge in [-0.1, -0.05) is 12.1 Å². The van der Waals surface area contributed by atoms with E-state index >= 15 is 0 Å². The van der Waals surface area contributed by atoms with Crippen LogP contribution < -0.4 is 0 Å². The Morgan fingerprint density at radius 1 is 0.714 bits per heavy atom. The van der Waals surface area contributed by atoms with Crippen molar-refractivity contribution in [3.8, 4) is 0 Å². The summed E-state index contributed by atoms with van der Waals surface area (Å²) in [4.78, 5) is 0. The van der Waals surface area contributed by atoms with Crippen molar-refractivity contribution >= 4 is 8.25 Å². The molecule has 28 heavy (non-hydrogen) atoms. The van der Waals surface area contributed by atoms with Crippen LogP contribution >= 0.6 is 8.25 Å². The van der Waals surface area contributed by atoms with E-state index in [1.54, 1.807) is 0 Å². The Kier molecular flexibility index (Phi) is 6.74. The summed E-state index contributed by atoms with van der Waals surface area (Å²) in [5.41, 5.74) is -3.10. The van der Waals surface area contributed by atoms with Crippen molar-refractivity contribution in [2.75, 3.05) is 0 Å². The molecule has 0 bridgehead atoms. The highest BCUT2D eigenvalue weighted by Gasteiger charge is 2.32. The Balaban J connectivity index is 1.92. The number of hydrogen-bond donors (Lipinski definition) is 0. The van der Waals surface area contributed by atoms with E-state index in [1.807, 2.05) is 0 Å². The second-order valence-corrected chi connectivity index (χ2v) is 6.34. The van der Waals surface area contributed by atoms with Gasteiger partial charge in [0.15, 0.2) is 0 Å². The Bertz CT molecular complexity index is 794. The van der Waals surface area contributed by atoms with Crippen molar-refractivity contribution in [3.05, 3.63) is 70.3 Å². The maximum atomic E-state index is 13.6. The van der Waals surface area contributed by atoms with Crippen LogP contribution in [0.1, 0.15) is 22.3 Å². The Labute approximate surface area is 153 Å². The molecule has 0 N–H and O–H groups in total. The van der Waals surface area contributed by atoms with Crippen molar-refractivity contribution in [2.45, 2.75) is 25.6 Å². The molecule has 0 saturated heterocycles. The average molecular weight is 433 g/mol. The van der Waals surface area contributed by atoms with Gasteiger partial charge in [0, 0.05) is 15.7 Å². The van der Waals surface area contributed by atoms with Crippen LogP contribution in [0.5, 0.6) is 0 Å². The molecule has 0 atom stereocenters. The molecule has 0 amide bonds. The lowest BCUT2D eigenvalue weighted by molar-refractivity contribution is -0.138. The van der Waals surface area contributed by atoms with Gasteiger partial charge in [-0.3, -0.25) is 0 Å². The molecule has 0 saturated carbocycles. The Morgan fingerprint density at radius 3 is 1.36 bits per heavy atom. The van der Waals surface area contributed by atoms with Gasteiger partial charge < -0.3 is 0 Å². The quantitative estimate of drug-likeness (QED) is 0.391. The number of alkyl halides is 6. The monoisotopic (exact) mass is 433 g/mol. The van der Waals surface area contributed by atoms with Crippen LogP contribution in [-0.2, 0) is 39.2 Å². The minimum absolute atomic E-state index is 0.240. The molecular formula is C16H10F8O3P+. The molecule has 0 aliphatic heterocycles. The first-order chi connectivity index (χ1) is 12.9. The van der Waals surface area contributed by atoms with Crippen molar-refractivity contribution in [2.24, 2.45) is 0 Å². The molecule has 0 radical (unpaired) electrons. The average Bonchev–Trinajstić information content (AvgIpc) is 2.57. The maximum absolute atomic E-state index is 13.6. The van der Waals surface area contributed by atoms with E-state index in [9.17, 15) is 39.7 Å². The summed E-state index contributed by atoms with van der Waals surface area (Å²) in [6, 6.07) is 3.27.